The molecular weight excluding hydrogens is 244 g/mol. The number of carbonyl (C=O) groups excluding carboxylic acids is 3. The first kappa shape index (κ1) is 13.8. The van der Waals surface area contributed by atoms with Gasteiger partial charge in [0, 0.05) is 5.75 Å². The van der Waals surface area contributed by atoms with Crippen molar-refractivity contribution in [1.82, 2.24) is 10.6 Å². The van der Waals surface area contributed by atoms with E-state index in [4.69, 9.17) is 4.74 Å². The number of thioether (sulfide) groups is 1. The molecule has 1 atom stereocenters. The van der Waals surface area contributed by atoms with Crippen LogP contribution in [-0.2, 0) is 14.3 Å². The maximum Gasteiger partial charge on any atom is 0.308 e. The Kier molecular flexibility index (Phi) is 5.27. The van der Waals surface area contributed by atoms with Crippen molar-refractivity contribution in [1.29, 1.82) is 0 Å². The molecule has 0 radical (unpaired) electrons. The zero-order chi connectivity index (χ0) is 12.8. The summed E-state index contributed by atoms with van der Waals surface area (Å²) in [5.41, 5.74) is 0. The van der Waals surface area contributed by atoms with Gasteiger partial charge >= 0.3 is 5.97 Å². The lowest BCUT2D eigenvalue weighted by molar-refractivity contribution is -0.147. The Bertz CT molecular complexity index is 319. The minimum absolute atomic E-state index is 0.149. The van der Waals surface area contributed by atoms with E-state index in [0.717, 1.165) is 11.8 Å². The van der Waals surface area contributed by atoms with E-state index in [1.165, 1.54) is 0 Å². The molecule has 17 heavy (non-hydrogen) atoms. The molecule has 1 heterocycles. The molecule has 2 N–H and O–H groups in total. The van der Waals surface area contributed by atoms with Crippen LogP contribution >= 0.6 is 11.8 Å². The maximum atomic E-state index is 11.5. The number of esters is 1. The molecule has 96 valence electrons. The van der Waals surface area contributed by atoms with Crippen molar-refractivity contribution in [2.24, 2.45) is 5.92 Å². The molecule has 7 heteroatoms. The summed E-state index contributed by atoms with van der Waals surface area (Å²) in [6.07, 6.45) is 0. The van der Waals surface area contributed by atoms with Crippen molar-refractivity contribution in [2.45, 2.75) is 19.9 Å². The molecule has 1 fully saturated rings. The third kappa shape index (κ3) is 4.64. The van der Waals surface area contributed by atoms with Crippen LogP contribution in [0.25, 0.3) is 0 Å². The van der Waals surface area contributed by atoms with E-state index >= 15 is 0 Å². The van der Waals surface area contributed by atoms with E-state index in [1.807, 2.05) is 0 Å². The lowest BCUT2D eigenvalue weighted by Crippen LogP contribution is -2.44. The van der Waals surface area contributed by atoms with Gasteiger partial charge in [-0.15, -0.1) is 0 Å². The van der Waals surface area contributed by atoms with Gasteiger partial charge in [0.05, 0.1) is 12.5 Å². The molecule has 1 aliphatic rings. The molecule has 0 spiro atoms. The number of nitrogens with one attached hydrogen (secondary N) is 2. The molecule has 0 aromatic heterocycles. The second-order valence-corrected chi connectivity index (χ2v) is 4.90. The molecule has 1 rings (SSSR count). The third-order valence-electron chi connectivity index (χ3n) is 2.11. The lowest BCUT2D eigenvalue weighted by Gasteiger charge is -2.11. The normalized spacial score (nSPS) is 19.0. The number of hydrogen-bond acceptors (Lipinski definition) is 5. The zero-order valence-corrected chi connectivity index (χ0v) is 10.6. The molecule has 0 aliphatic carbocycles. The van der Waals surface area contributed by atoms with Crippen LogP contribution in [0.3, 0.4) is 0 Å². The Morgan fingerprint density at radius 3 is 2.82 bits per heavy atom. The number of amides is 2. The summed E-state index contributed by atoms with van der Waals surface area (Å²) >= 11 is 1.09. The van der Waals surface area contributed by atoms with Crippen molar-refractivity contribution < 1.29 is 19.1 Å². The van der Waals surface area contributed by atoms with Crippen molar-refractivity contribution >= 4 is 28.9 Å². The number of rotatable bonds is 5. The summed E-state index contributed by atoms with van der Waals surface area (Å²) in [7, 11) is 0. The Morgan fingerprint density at radius 1 is 1.59 bits per heavy atom. The molecule has 6 nitrogen and oxygen atoms in total. The summed E-state index contributed by atoms with van der Waals surface area (Å²) in [5, 5.41) is 4.94. The number of hydrogen-bond donors (Lipinski definition) is 2. The van der Waals surface area contributed by atoms with Gasteiger partial charge in [-0.25, -0.2) is 0 Å². The van der Waals surface area contributed by atoms with E-state index in [0.29, 0.717) is 5.75 Å². The van der Waals surface area contributed by atoms with E-state index < -0.39 is 6.04 Å². The highest BCUT2D eigenvalue weighted by atomic mass is 32.2. The third-order valence-corrected chi connectivity index (χ3v) is 2.99. The van der Waals surface area contributed by atoms with Gasteiger partial charge in [0.2, 0.25) is 5.91 Å². The van der Waals surface area contributed by atoms with Crippen LogP contribution < -0.4 is 10.6 Å². The number of carbonyl (C=O) groups is 3. The van der Waals surface area contributed by atoms with Gasteiger partial charge in [0.1, 0.15) is 12.6 Å². The van der Waals surface area contributed by atoms with Gasteiger partial charge in [-0.05, 0) is 0 Å². The molecule has 1 aliphatic heterocycles. The monoisotopic (exact) mass is 260 g/mol. The van der Waals surface area contributed by atoms with Crippen LogP contribution in [0.5, 0.6) is 0 Å². The highest BCUT2D eigenvalue weighted by molar-refractivity contribution is 8.14. The van der Waals surface area contributed by atoms with Gasteiger partial charge in [0.25, 0.3) is 5.24 Å². The SMILES string of the molecule is CC(C)C(=O)OCCNC(=O)[C@@H]1CSC(=O)N1. The first-order valence-corrected chi connectivity index (χ1v) is 6.37. The van der Waals surface area contributed by atoms with Crippen molar-refractivity contribution in [2.75, 3.05) is 18.9 Å². The molecule has 2 amide bonds. The van der Waals surface area contributed by atoms with Crippen molar-refractivity contribution in [3.05, 3.63) is 0 Å². The molecule has 0 unspecified atom stereocenters. The summed E-state index contributed by atoms with van der Waals surface area (Å²) in [6, 6.07) is -0.478. The Hall–Kier alpha value is -1.24. The number of ether oxygens (including phenoxy) is 1. The van der Waals surface area contributed by atoms with Crippen LogP contribution in [0.2, 0.25) is 0 Å². The fourth-order valence-electron chi connectivity index (χ4n) is 1.14. The van der Waals surface area contributed by atoms with Crippen molar-refractivity contribution in [3.63, 3.8) is 0 Å². The van der Waals surface area contributed by atoms with Gasteiger partial charge in [-0.2, -0.15) is 0 Å². The topological polar surface area (TPSA) is 84.5 Å². The predicted octanol–water partition coefficient (Wildman–Crippen LogP) is 0.127. The molecule has 0 aromatic rings. The summed E-state index contributed by atoms with van der Waals surface area (Å²) < 4.78 is 4.89. The minimum Gasteiger partial charge on any atom is -0.464 e. The van der Waals surface area contributed by atoms with E-state index in [-0.39, 0.29) is 36.2 Å². The van der Waals surface area contributed by atoms with E-state index in [9.17, 15) is 14.4 Å². The lowest BCUT2D eigenvalue weighted by atomic mass is 10.2. The molecule has 1 saturated heterocycles. The van der Waals surface area contributed by atoms with Gasteiger partial charge < -0.3 is 15.4 Å². The largest absolute Gasteiger partial charge is 0.464 e. The fraction of sp³-hybridized carbons (Fsp3) is 0.700. The second-order valence-electron chi connectivity index (χ2n) is 3.91. The summed E-state index contributed by atoms with van der Waals surface area (Å²) in [5.74, 6) is -0.264. The van der Waals surface area contributed by atoms with Gasteiger partial charge in [0.15, 0.2) is 0 Å². The first-order chi connectivity index (χ1) is 8.00. The fourth-order valence-corrected chi connectivity index (χ4v) is 1.92. The highest BCUT2D eigenvalue weighted by Gasteiger charge is 2.27. The zero-order valence-electron chi connectivity index (χ0n) is 9.82. The van der Waals surface area contributed by atoms with Crippen LogP contribution in [0.1, 0.15) is 13.8 Å². The summed E-state index contributed by atoms with van der Waals surface area (Å²) in [6.45, 7) is 3.89. The molecular formula is C10H16N2O4S. The first-order valence-electron chi connectivity index (χ1n) is 5.38. The average molecular weight is 260 g/mol. The van der Waals surface area contributed by atoms with Crippen LogP contribution in [0.4, 0.5) is 4.79 Å². The molecule has 0 bridgehead atoms. The van der Waals surface area contributed by atoms with E-state index in [2.05, 4.69) is 10.6 Å². The highest BCUT2D eigenvalue weighted by Crippen LogP contribution is 2.12. The molecule has 0 aromatic carbocycles. The quantitative estimate of drug-likeness (QED) is 0.542. The maximum absolute atomic E-state index is 11.5. The molecule has 0 saturated carbocycles. The average Bonchev–Trinajstić information content (AvgIpc) is 2.70. The van der Waals surface area contributed by atoms with Gasteiger partial charge in [-0.3, -0.25) is 14.4 Å². The second kappa shape index (κ2) is 6.48. The Balaban J connectivity index is 2.12. The van der Waals surface area contributed by atoms with E-state index in [1.54, 1.807) is 13.8 Å². The summed E-state index contributed by atoms with van der Waals surface area (Å²) in [4.78, 5) is 33.4. The van der Waals surface area contributed by atoms with Crippen LogP contribution in [0, 0.1) is 5.92 Å². The minimum atomic E-state index is -0.478. The van der Waals surface area contributed by atoms with Crippen LogP contribution in [-0.4, -0.2) is 42.1 Å². The standard InChI is InChI=1S/C10H16N2O4S/c1-6(2)9(14)16-4-3-11-8(13)7-5-17-10(15)12-7/h6-7H,3-5H2,1-2H3,(H,11,13)(H,12,15)/t7-/m0/s1. The Morgan fingerprint density at radius 2 is 2.29 bits per heavy atom. The van der Waals surface area contributed by atoms with Crippen molar-refractivity contribution in [3.8, 4) is 0 Å². The van der Waals surface area contributed by atoms with Crippen LogP contribution in [0.15, 0.2) is 0 Å². The smallest absolute Gasteiger partial charge is 0.308 e. The van der Waals surface area contributed by atoms with Gasteiger partial charge in [-0.1, -0.05) is 25.6 Å². The Labute approximate surface area is 104 Å². The predicted molar refractivity (Wildman–Crippen MR) is 63.6 cm³/mol.